The molecule has 0 fully saturated rings. The Labute approximate surface area is 163 Å². The Kier molecular flexibility index (Phi) is 7.36. The van der Waals surface area contributed by atoms with Crippen LogP contribution in [0.25, 0.3) is 11.4 Å². The molecule has 1 aromatic carbocycles. The van der Waals surface area contributed by atoms with Crippen molar-refractivity contribution in [1.82, 2.24) is 19.9 Å². The van der Waals surface area contributed by atoms with Gasteiger partial charge in [-0.2, -0.15) is 0 Å². The first kappa shape index (κ1) is 21.0. The summed E-state index contributed by atoms with van der Waals surface area (Å²) < 4.78 is 4.56. The number of hydrogen-bond donors (Lipinski definition) is 3. The first-order valence-electron chi connectivity index (χ1n) is 8.20. The molecule has 3 N–H and O–H groups in total. The van der Waals surface area contributed by atoms with Gasteiger partial charge in [0, 0.05) is 17.4 Å². The van der Waals surface area contributed by atoms with Crippen LogP contribution in [0.3, 0.4) is 0 Å². The van der Waals surface area contributed by atoms with E-state index < -0.39 is 29.0 Å². The molecule has 0 saturated carbocycles. The Hall–Kier alpha value is -4.28. The van der Waals surface area contributed by atoms with Gasteiger partial charge >= 0.3 is 17.8 Å². The van der Waals surface area contributed by atoms with Crippen LogP contribution >= 0.6 is 0 Å². The number of carboxylic acid groups (broad SMARTS) is 1. The lowest BCUT2D eigenvalue weighted by Crippen LogP contribution is -2.24. The number of aromatic carboxylic acids is 1. The lowest BCUT2D eigenvalue weighted by molar-refractivity contribution is -0.152. The first-order valence-corrected chi connectivity index (χ1v) is 8.20. The molecule has 0 aliphatic rings. The number of imidazole rings is 1. The predicted molar refractivity (Wildman–Crippen MR) is 100 cm³/mol. The number of carbonyl (C=O) groups excluding carboxylic acids is 2. The van der Waals surface area contributed by atoms with Gasteiger partial charge in [0.25, 0.3) is 5.56 Å². The normalized spacial score (nSPS) is 9.69. The number of benzene rings is 1. The minimum Gasteiger partial charge on any atom is -0.477 e. The lowest BCUT2D eigenvalue weighted by Gasteiger charge is -2.06. The predicted octanol–water partition coefficient (Wildman–Crippen LogP) is 0.675. The molecule has 0 atom stereocenters. The molecule has 1 amide bonds. The van der Waals surface area contributed by atoms with Crippen LogP contribution in [0.4, 0.5) is 5.69 Å². The van der Waals surface area contributed by atoms with Gasteiger partial charge in [0.05, 0.1) is 6.61 Å². The molecule has 0 aliphatic heterocycles. The molecular formula is C18H16N5O6-. The van der Waals surface area contributed by atoms with E-state index in [1.165, 1.54) is 18.5 Å². The van der Waals surface area contributed by atoms with Crippen LogP contribution in [0.2, 0.25) is 0 Å². The second-order valence-corrected chi connectivity index (χ2v) is 5.24. The lowest BCUT2D eigenvalue weighted by atomic mass is 10.2. The van der Waals surface area contributed by atoms with Crippen LogP contribution in [-0.2, 0) is 14.3 Å². The van der Waals surface area contributed by atoms with E-state index >= 15 is 0 Å². The van der Waals surface area contributed by atoms with E-state index in [0.29, 0.717) is 11.3 Å². The van der Waals surface area contributed by atoms with Crippen molar-refractivity contribution in [2.45, 2.75) is 6.92 Å². The maximum absolute atomic E-state index is 11.6. The van der Waals surface area contributed by atoms with Gasteiger partial charge in [-0.3, -0.25) is 9.59 Å². The third-order valence-corrected chi connectivity index (χ3v) is 3.28. The molecule has 2 heterocycles. The number of aromatic amines is 1. The Morgan fingerprint density at radius 2 is 1.97 bits per heavy atom. The second-order valence-electron chi connectivity index (χ2n) is 5.24. The number of hydrogen-bond acceptors (Lipinski definition) is 7. The molecule has 0 bridgehead atoms. The van der Waals surface area contributed by atoms with Crippen LogP contribution in [0.15, 0.2) is 54.0 Å². The van der Waals surface area contributed by atoms with Gasteiger partial charge in [-0.15, -0.1) is 0 Å². The fourth-order valence-corrected chi connectivity index (χ4v) is 1.98. The van der Waals surface area contributed by atoms with Crippen molar-refractivity contribution in [3.63, 3.8) is 0 Å². The molecular weight excluding hydrogens is 382 g/mol. The maximum Gasteiger partial charge on any atom is 0.397 e. The number of esters is 1. The highest BCUT2D eigenvalue weighted by molar-refractivity contribution is 6.37. The fourth-order valence-electron chi connectivity index (χ4n) is 1.98. The highest BCUT2D eigenvalue weighted by Gasteiger charge is 2.15. The maximum atomic E-state index is 11.6. The molecule has 3 rings (SSSR count). The van der Waals surface area contributed by atoms with Crippen molar-refractivity contribution in [2.75, 3.05) is 11.9 Å². The van der Waals surface area contributed by atoms with E-state index in [1.54, 1.807) is 31.5 Å². The Balaban J connectivity index is 0.000000521. The van der Waals surface area contributed by atoms with Crippen molar-refractivity contribution in [2.24, 2.45) is 0 Å². The van der Waals surface area contributed by atoms with Gasteiger partial charge in [-0.05, 0) is 31.2 Å². The summed E-state index contributed by atoms with van der Waals surface area (Å²) in [5, 5.41) is 11.1. The van der Waals surface area contributed by atoms with Crippen LogP contribution < -0.4 is 15.9 Å². The van der Waals surface area contributed by atoms with E-state index in [-0.39, 0.29) is 12.4 Å². The van der Waals surface area contributed by atoms with Crippen LogP contribution in [-0.4, -0.2) is 44.5 Å². The van der Waals surface area contributed by atoms with E-state index in [9.17, 15) is 19.2 Å². The van der Waals surface area contributed by atoms with Crippen molar-refractivity contribution in [3.05, 3.63) is 65.1 Å². The standard InChI is InChI=1S/C15H13N3O6.C3H3N2/c1-2-24-15(23)13(20)17-9-5-3-8(4-6-9)11-16-7-10(14(21)22)12(19)18-11;1-2-5-3-4-1/h3-7H,2H2,1H3,(H,17,20)(H,21,22)(H,16,18,19);1-3H/q;-1. The summed E-state index contributed by atoms with van der Waals surface area (Å²) in [7, 11) is 0. The summed E-state index contributed by atoms with van der Waals surface area (Å²) in [6.07, 6.45) is 5.74. The van der Waals surface area contributed by atoms with Crippen LogP contribution in [0.1, 0.15) is 17.3 Å². The van der Waals surface area contributed by atoms with E-state index in [1.807, 2.05) is 0 Å². The van der Waals surface area contributed by atoms with E-state index in [4.69, 9.17) is 5.11 Å². The number of aromatic nitrogens is 4. The van der Waals surface area contributed by atoms with Gasteiger partial charge in [0.1, 0.15) is 11.4 Å². The molecule has 0 unspecified atom stereocenters. The van der Waals surface area contributed by atoms with Crippen LogP contribution in [0.5, 0.6) is 0 Å². The summed E-state index contributed by atoms with van der Waals surface area (Å²) in [5.74, 6) is -3.08. The molecule has 0 aliphatic carbocycles. The molecule has 11 heteroatoms. The number of carbonyl (C=O) groups is 3. The summed E-state index contributed by atoms with van der Waals surface area (Å²) >= 11 is 0. The van der Waals surface area contributed by atoms with Crippen molar-refractivity contribution in [1.29, 1.82) is 0 Å². The van der Waals surface area contributed by atoms with Gasteiger partial charge in [-0.1, -0.05) is 18.7 Å². The zero-order chi connectivity index (χ0) is 21.2. The highest BCUT2D eigenvalue weighted by Crippen LogP contribution is 2.17. The molecule has 2 aromatic heterocycles. The number of anilines is 1. The van der Waals surface area contributed by atoms with Gasteiger partial charge in [-0.25, -0.2) is 14.6 Å². The summed E-state index contributed by atoms with van der Waals surface area (Å²) in [6.45, 7) is 1.68. The summed E-state index contributed by atoms with van der Waals surface area (Å²) in [4.78, 5) is 58.6. The number of rotatable bonds is 4. The Bertz CT molecular complexity index is 1010. The smallest absolute Gasteiger partial charge is 0.397 e. The third kappa shape index (κ3) is 6.13. The molecule has 11 nitrogen and oxygen atoms in total. The average Bonchev–Trinajstić information content (AvgIpc) is 3.28. The second kappa shape index (κ2) is 10.2. The van der Waals surface area contributed by atoms with E-state index in [2.05, 4.69) is 30.0 Å². The van der Waals surface area contributed by atoms with Gasteiger partial charge < -0.3 is 30.1 Å². The highest BCUT2D eigenvalue weighted by atomic mass is 16.5. The van der Waals surface area contributed by atoms with Crippen LogP contribution in [0, 0.1) is 0 Å². The number of ether oxygens (including phenoxy) is 1. The Morgan fingerprint density at radius 1 is 1.24 bits per heavy atom. The largest absolute Gasteiger partial charge is 0.477 e. The van der Waals surface area contributed by atoms with Gasteiger partial charge in [0.2, 0.25) is 0 Å². The number of nitrogens with zero attached hydrogens (tertiary/aromatic N) is 3. The monoisotopic (exact) mass is 398 g/mol. The number of carboxylic acids is 1. The first-order chi connectivity index (χ1) is 13.9. The van der Waals surface area contributed by atoms with E-state index in [0.717, 1.165) is 6.20 Å². The van der Waals surface area contributed by atoms with Crippen molar-refractivity contribution in [3.8, 4) is 11.4 Å². The quantitative estimate of drug-likeness (QED) is 0.423. The van der Waals surface area contributed by atoms with Crippen molar-refractivity contribution >= 4 is 23.5 Å². The SMILES string of the molecule is CCOC(=O)C(=O)Nc1ccc(-c2ncc(C(=O)O)c(=O)[nH]2)cc1.c1c[n-]cn1. The third-order valence-electron chi connectivity index (χ3n) is 3.28. The fraction of sp³-hybridized carbons (Fsp3) is 0.111. The number of nitrogens with one attached hydrogen (secondary N) is 2. The number of amides is 1. The summed E-state index contributed by atoms with van der Waals surface area (Å²) in [5.41, 5.74) is -0.385. The molecule has 3 aromatic rings. The number of H-pyrrole nitrogens is 1. The molecule has 0 radical (unpaired) electrons. The topological polar surface area (TPSA) is 165 Å². The Morgan fingerprint density at radius 3 is 2.45 bits per heavy atom. The minimum absolute atomic E-state index is 0.0938. The summed E-state index contributed by atoms with van der Waals surface area (Å²) in [6, 6.07) is 6.08. The minimum atomic E-state index is -1.37. The average molecular weight is 398 g/mol. The molecule has 29 heavy (non-hydrogen) atoms. The van der Waals surface area contributed by atoms with Gasteiger partial charge in [0.15, 0.2) is 0 Å². The van der Waals surface area contributed by atoms with Crippen molar-refractivity contribution < 1.29 is 24.2 Å². The molecule has 0 saturated heterocycles. The zero-order valence-corrected chi connectivity index (χ0v) is 15.2. The molecule has 150 valence electrons. The molecule has 0 spiro atoms. The zero-order valence-electron chi connectivity index (χ0n) is 15.2.